The van der Waals surface area contributed by atoms with Crippen LogP contribution in [0.5, 0.6) is 0 Å². The number of aliphatic hydroxyl groups is 1. The Morgan fingerprint density at radius 2 is 2.22 bits per heavy atom. The fraction of sp³-hybridized carbons (Fsp3) is 0.643. The van der Waals surface area contributed by atoms with E-state index < -0.39 is 24.5 Å². The molecule has 0 saturated carbocycles. The number of hydrogen-bond acceptors (Lipinski definition) is 8. The lowest BCUT2D eigenvalue weighted by molar-refractivity contribution is -0.0483. The molecule has 1 saturated heterocycles. The highest BCUT2D eigenvalue weighted by molar-refractivity contribution is 7.80. The van der Waals surface area contributed by atoms with Gasteiger partial charge in [-0.15, -0.1) is 0 Å². The number of methoxy groups -OCH3 is 1. The lowest BCUT2D eigenvalue weighted by atomic mass is 10.1. The number of nitrogen functional groups attached to an aromatic ring is 1. The average Bonchev–Trinajstić information content (AvgIpc) is 3.05. The van der Waals surface area contributed by atoms with Crippen molar-refractivity contribution in [1.82, 2.24) is 19.5 Å². The number of anilines is 1. The Morgan fingerprint density at radius 1 is 1.48 bits per heavy atom. The minimum atomic E-state index is -0.779. The van der Waals surface area contributed by atoms with Crippen LogP contribution in [0.4, 0.5) is 5.82 Å². The maximum absolute atomic E-state index is 10.4. The molecule has 0 aliphatic carbocycles. The van der Waals surface area contributed by atoms with Crippen molar-refractivity contribution in [2.75, 3.05) is 18.6 Å². The lowest BCUT2D eigenvalue weighted by Crippen LogP contribution is -2.34. The predicted octanol–water partition coefficient (Wildman–Crippen LogP) is 0.735. The van der Waals surface area contributed by atoms with E-state index in [9.17, 15) is 5.11 Å². The Bertz CT molecular complexity index is 707. The zero-order valence-corrected chi connectivity index (χ0v) is 14.1. The third-order valence-electron chi connectivity index (χ3n) is 4.07. The number of nitrogens with zero attached hydrogens (tertiary/aromatic N) is 4. The number of aromatic nitrogens is 4. The first-order valence-corrected chi connectivity index (χ1v) is 8.08. The monoisotopic (exact) mass is 339 g/mol. The molecule has 1 aliphatic rings. The van der Waals surface area contributed by atoms with Gasteiger partial charge in [0.15, 0.2) is 23.2 Å². The van der Waals surface area contributed by atoms with Gasteiger partial charge in [0.1, 0.15) is 24.4 Å². The van der Waals surface area contributed by atoms with E-state index in [0.717, 1.165) is 5.82 Å². The van der Waals surface area contributed by atoms with Crippen LogP contribution >= 0.6 is 12.6 Å². The average molecular weight is 339 g/mol. The van der Waals surface area contributed by atoms with Crippen LogP contribution in [0.25, 0.3) is 11.2 Å². The molecule has 3 heterocycles. The quantitative estimate of drug-likeness (QED) is 0.705. The molecule has 0 bridgehead atoms. The highest BCUT2D eigenvalue weighted by Gasteiger charge is 2.46. The highest BCUT2D eigenvalue weighted by Crippen LogP contribution is 2.36. The smallest absolute Gasteiger partial charge is 0.167 e. The van der Waals surface area contributed by atoms with Crippen LogP contribution in [-0.2, 0) is 9.47 Å². The third kappa shape index (κ3) is 2.57. The summed E-state index contributed by atoms with van der Waals surface area (Å²) in [7, 11) is 1.54. The number of imidazole rings is 1. The molecule has 0 radical (unpaired) electrons. The van der Waals surface area contributed by atoms with Crippen LogP contribution in [0.3, 0.4) is 0 Å². The second kappa shape index (κ2) is 6.23. The van der Waals surface area contributed by atoms with Crippen molar-refractivity contribution in [1.29, 1.82) is 0 Å². The van der Waals surface area contributed by atoms with Crippen molar-refractivity contribution < 1.29 is 14.6 Å². The summed E-state index contributed by atoms with van der Waals surface area (Å²) < 4.78 is 13.3. The van der Waals surface area contributed by atoms with Crippen molar-refractivity contribution >= 4 is 29.6 Å². The normalized spacial score (nSPS) is 28.1. The number of ether oxygens (including phenoxy) is 2. The predicted molar refractivity (Wildman–Crippen MR) is 88.4 cm³/mol. The van der Waals surface area contributed by atoms with E-state index in [2.05, 4.69) is 27.6 Å². The van der Waals surface area contributed by atoms with Gasteiger partial charge < -0.3 is 20.3 Å². The summed E-state index contributed by atoms with van der Waals surface area (Å²) in [5.41, 5.74) is 7.02. The van der Waals surface area contributed by atoms with Crippen molar-refractivity contribution in [2.24, 2.45) is 0 Å². The molecule has 4 atom stereocenters. The van der Waals surface area contributed by atoms with Gasteiger partial charge in [0.25, 0.3) is 0 Å². The molecule has 1 aliphatic heterocycles. The second-order valence-corrected chi connectivity index (χ2v) is 6.23. The van der Waals surface area contributed by atoms with Crippen LogP contribution in [0.2, 0.25) is 0 Å². The SMILES string of the molecule is CO[C@@H]1[C@H](O)[C@@H](CS)O[C@H]1n1c(C(C)C)nc2c(N)ncnc21. The number of nitrogens with two attached hydrogens (primary N) is 1. The number of fused-ring (bicyclic) bond motifs is 1. The van der Waals surface area contributed by atoms with E-state index >= 15 is 0 Å². The first kappa shape index (κ1) is 16.4. The third-order valence-corrected chi connectivity index (χ3v) is 4.43. The van der Waals surface area contributed by atoms with Gasteiger partial charge in [-0.3, -0.25) is 4.57 Å². The summed E-state index contributed by atoms with van der Waals surface area (Å²) in [4.78, 5) is 12.9. The van der Waals surface area contributed by atoms with Gasteiger partial charge in [0.05, 0.1) is 6.10 Å². The molecule has 0 unspecified atom stereocenters. The van der Waals surface area contributed by atoms with Gasteiger partial charge in [0.2, 0.25) is 0 Å². The Hall–Kier alpha value is -1.42. The number of thiol groups is 1. The van der Waals surface area contributed by atoms with Crippen LogP contribution < -0.4 is 5.73 Å². The second-order valence-electron chi connectivity index (χ2n) is 5.86. The standard InChI is InChI=1S/C14H21N5O3S/c1-6(2)12-18-8-11(15)16-5-17-13(8)19(12)14-10(21-3)9(20)7(4-23)22-14/h5-7,9-10,14,20,23H,4H2,1-3H3,(H2,15,16,17)/t7-,9-,10-,14-/m1/s1. The number of hydrogen-bond donors (Lipinski definition) is 3. The molecule has 1 fully saturated rings. The summed E-state index contributed by atoms with van der Waals surface area (Å²) in [6.07, 6.45) is -0.908. The summed E-state index contributed by atoms with van der Waals surface area (Å²) in [5, 5.41) is 10.4. The van der Waals surface area contributed by atoms with Gasteiger partial charge in [-0.25, -0.2) is 15.0 Å². The molecule has 3 N–H and O–H groups in total. The van der Waals surface area contributed by atoms with E-state index in [1.54, 1.807) is 7.11 Å². The first-order valence-electron chi connectivity index (χ1n) is 7.45. The number of rotatable bonds is 4. The summed E-state index contributed by atoms with van der Waals surface area (Å²) >= 11 is 4.24. The van der Waals surface area contributed by atoms with E-state index in [1.807, 2.05) is 18.4 Å². The van der Waals surface area contributed by atoms with Gasteiger partial charge in [-0.1, -0.05) is 13.8 Å². The van der Waals surface area contributed by atoms with E-state index in [4.69, 9.17) is 15.2 Å². The van der Waals surface area contributed by atoms with Crippen LogP contribution in [0.15, 0.2) is 6.33 Å². The Morgan fingerprint density at radius 3 is 2.83 bits per heavy atom. The fourth-order valence-corrected chi connectivity index (χ4v) is 3.24. The first-order chi connectivity index (χ1) is 11.0. The lowest BCUT2D eigenvalue weighted by Gasteiger charge is -2.23. The summed E-state index contributed by atoms with van der Waals surface area (Å²) in [6.45, 7) is 4.04. The Labute approximate surface area is 139 Å². The molecule has 126 valence electrons. The molecule has 0 amide bonds. The minimum absolute atomic E-state index is 0.108. The molecule has 2 aromatic rings. The molecular formula is C14H21N5O3S. The van der Waals surface area contributed by atoms with Gasteiger partial charge in [-0.05, 0) is 0 Å². The maximum Gasteiger partial charge on any atom is 0.167 e. The van der Waals surface area contributed by atoms with E-state index in [0.29, 0.717) is 22.7 Å². The molecule has 23 heavy (non-hydrogen) atoms. The maximum atomic E-state index is 10.4. The fourth-order valence-electron chi connectivity index (χ4n) is 2.93. The van der Waals surface area contributed by atoms with Crippen molar-refractivity contribution in [3.05, 3.63) is 12.2 Å². The molecule has 8 nitrogen and oxygen atoms in total. The van der Waals surface area contributed by atoms with Crippen molar-refractivity contribution in [3.63, 3.8) is 0 Å². The Balaban J connectivity index is 2.18. The highest BCUT2D eigenvalue weighted by atomic mass is 32.1. The van der Waals surface area contributed by atoms with Gasteiger partial charge >= 0.3 is 0 Å². The summed E-state index contributed by atoms with van der Waals surface area (Å²) in [5.74, 6) is 1.57. The molecule has 0 aromatic carbocycles. The zero-order valence-electron chi connectivity index (χ0n) is 13.2. The molecule has 0 spiro atoms. The summed E-state index contributed by atoms with van der Waals surface area (Å²) in [6, 6.07) is 0. The zero-order chi connectivity index (χ0) is 16.7. The minimum Gasteiger partial charge on any atom is -0.387 e. The Kier molecular flexibility index (Phi) is 4.45. The largest absolute Gasteiger partial charge is 0.387 e. The van der Waals surface area contributed by atoms with E-state index in [-0.39, 0.29) is 5.92 Å². The topological polar surface area (TPSA) is 108 Å². The number of aliphatic hydroxyl groups excluding tert-OH is 1. The molecular weight excluding hydrogens is 318 g/mol. The molecule has 2 aromatic heterocycles. The van der Waals surface area contributed by atoms with Gasteiger partial charge in [-0.2, -0.15) is 12.6 Å². The van der Waals surface area contributed by atoms with E-state index in [1.165, 1.54) is 6.33 Å². The molecule has 3 rings (SSSR count). The van der Waals surface area contributed by atoms with Crippen molar-refractivity contribution in [3.8, 4) is 0 Å². The molecule has 9 heteroatoms. The van der Waals surface area contributed by atoms with Crippen LogP contribution in [0.1, 0.15) is 31.8 Å². The van der Waals surface area contributed by atoms with Crippen LogP contribution in [-0.4, -0.2) is 55.8 Å². The van der Waals surface area contributed by atoms with Gasteiger partial charge in [0, 0.05) is 18.8 Å². The van der Waals surface area contributed by atoms with Crippen LogP contribution in [0, 0.1) is 0 Å². The van der Waals surface area contributed by atoms with Crippen molar-refractivity contribution in [2.45, 2.75) is 44.3 Å².